The van der Waals surface area contributed by atoms with E-state index in [0.29, 0.717) is 0 Å². The molecule has 7 N–H and O–H groups in total. The van der Waals surface area contributed by atoms with Gasteiger partial charge in [-0.05, 0) is 6.92 Å². The minimum Gasteiger partial charge on any atom is -0.480 e. The fourth-order valence-electron chi connectivity index (χ4n) is 0.365. The van der Waals surface area contributed by atoms with Crippen LogP contribution in [-0.4, -0.2) is 23.1 Å². The van der Waals surface area contributed by atoms with E-state index in [1.165, 1.54) is 6.92 Å². The van der Waals surface area contributed by atoms with Crippen LogP contribution in [0.5, 0.6) is 0 Å². The highest BCUT2D eigenvalue weighted by molar-refractivity contribution is 5.82. The molecule has 0 radical (unpaired) electrons. The van der Waals surface area contributed by atoms with Gasteiger partial charge in [0, 0.05) is 0 Å². The molecule has 0 spiro atoms. The number of nitrogens with two attached hydrogens (primary N) is 2. The number of carboxylic acid groups (broad SMARTS) is 1. The van der Waals surface area contributed by atoms with Crippen molar-refractivity contribution in [2.45, 2.75) is 13.0 Å². The smallest absolute Gasteiger partial charge is 0.328 e. The predicted molar refractivity (Wildman–Crippen MR) is 39.2 cm³/mol. The Labute approximate surface area is 63.4 Å². The van der Waals surface area contributed by atoms with Crippen molar-refractivity contribution in [3.63, 3.8) is 0 Å². The minimum atomic E-state index is -1.05. The van der Waals surface area contributed by atoms with Crippen LogP contribution < -0.4 is 22.5 Å². The van der Waals surface area contributed by atoms with Crippen molar-refractivity contribution in [3.05, 3.63) is 0 Å². The Morgan fingerprint density at radius 3 is 2.27 bits per heavy atom. The Hall–Kier alpha value is -1.34. The molecule has 0 aliphatic rings. The van der Waals surface area contributed by atoms with E-state index >= 15 is 0 Å². The third-order valence-corrected chi connectivity index (χ3v) is 0.954. The molecule has 0 unspecified atom stereocenters. The van der Waals surface area contributed by atoms with Gasteiger partial charge in [-0.2, -0.15) is 0 Å². The van der Waals surface area contributed by atoms with Crippen LogP contribution in [-0.2, 0) is 4.79 Å². The van der Waals surface area contributed by atoms with E-state index in [1.54, 1.807) is 0 Å². The lowest BCUT2D eigenvalue weighted by molar-refractivity contribution is -0.137. The lowest BCUT2D eigenvalue weighted by Gasteiger charge is -2.05. The first-order valence-electron chi connectivity index (χ1n) is 2.85. The van der Waals surface area contributed by atoms with Crippen molar-refractivity contribution in [2.75, 3.05) is 0 Å². The van der Waals surface area contributed by atoms with E-state index in [9.17, 15) is 4.79 Å². The largest absolute Gasteiger partial charge is 0.480 e. The van der Waals surface area contributed by atoms with Crippen molar-refractivity contribution in [3.8, 4) is 0 Å². The van der Waals surface area contributed by atoms with E-state index in [0.717, 1.165) is 0 Å². The summed E-state index contributed by atoms with van der Waals surface area (Å²) >= 11 is 0. The zero-order valence-corrected chi connectivity index (χ0v) is 6.03. The standard InChI is InChI=1S/C4H11N5O2/c1-2(3(10)11)7-4(8-5)9-6/h2H,5-6H2,1H3,(H,10,11)(H2,7,8,9)/t2-/m1/s1. The quantitative estimate of drug-likeness (QED) is 0.135. The molecule has 0 saturated heterocycles. The van der Waals surface area contributed by atoms with Gasteiger partial charge in [-0.15, -0.1) is 0 Å². The molecule has 7 nitrogen and oxygen atoms in total. The maximum atomic E-state index is 10.2. The number of hydrogen-bond donors (Lipinski definition) is 5. The van der Waals surface area contributed by atoms with Crippen LogP contribution in [0.3, 0.4) is 0 Å². The number of rotatable bonds is 2. The van der Waals surface area contributed by atoms with Crippen molar-refractivity contribution < 1.29 is 9.90 Å². The number of aliphatic carboxylic acids is 1. The third kappa shape index (κ3) is 3.38. The maximum absolute atomic E-state index is 10.2. The molecule has 0 heterocycles. The first kappa shape index (κ1) is 9.66. The number of hydrazine groups is 2. The predicted octanol–water partition coefficient (Wildman–Crippen LogP) is -2.26. The second-order valence-electron chi connectivity index (χ2n) is 1.78. The second-order valence-corrected chi connectivity index (χ2v) is 1.78. The van der Waals surface area contributed by atoms with Crippen LogP contribution in [0.15, 0.2) is 4.99 Å². The minimum absolute atomic E-state index is 0.0277. The van der Waals surface area contributed by atoms with Crippen LogP contribution >= 0.6 is 0 Å². The third-order valence-electron chi connectivity index (χ3n) is 0.954. The number of nitrogens with one attached hydrogen (secondary N) is 2. The number of carboxylic acids is 1. The number of nitrogens with zero attached hydrogens (tertiary/aromatic N) is 1. The Bertz CT molecular complexity index is 162. The van der Waals surface area contributed by atoms with Gasteiger partial charge in [0.25, 0.3) is 0 Å². The van der Waals surface area contributed by atoms with Crippen molar-refractivity contribution >= 4 is 11.9 Å². The molecule has 11 heavy (non-hydrogen) atoms. The van der Waals surface area contributed by atoms with E-state index in [1.807, 2.05) is 0 Å². The first-order valence-corrected chi connectivity index (χ1v) is 2.85. The fraction of sp³-hybridized carbons (Fsp3) is 0.500. The summed E-state index contributed by atoms with van der Waals surface area (Å²) in [6, 6.07) is -0.878. The van der Waals surface area contributed by atoms with Crippen LogP contribution in [0.4, 0.5) is 0 Å². The van der Waals surface area contributed by atoms with Crippen molar-refractivity contribution in [2.24, 2.45) is 16.7 Å². The van der Waals surface area contributed by atoms with Crippen LogP contribution in [0.2, 0.25) is 0 Å². The Balaban J connectivity index is 4.14. The fourth-order valence-corrected chi connectivity index (χ4v) is 0.365. The lowest BCUT2D eigenvalue weighted by Crippen LogP contribution is -2.46. The number of guanidine groups is 1. The summed E-state index contributed by atoms with van der Waals surface area (Å²) in [4.78, 5) is 13.8. The second kappa shape index (κ2) is 4.47. The molecule has 0 fully saturated rings. The summed E-state index contributed by atoms with van der Waals surface area (Å²) < 4.78 is 0. The summed E-state index contributed by atoms with van der Waals surface area (Å²) in [7, 11) is 0. The average molecular weight is 161 g/mol. The molecule has 0 rings (SSSR count). The molecule has 0 aliphatic heterocycles. The molecule has 7 heteroatoms. The van der Waals surface area contributed by atoms with Gasteiger partial charge in [0.15, 0.2) is 0 Å². The molecule has 0 aromatic carbocycles. The summed E-state index contributed by atoms with van der Waals surface area (Å²) in [6.07, 6.45) is 0. The number of aliphatic imine (C=N–C) groups is 1. The van der Waals surface area contributed by atoms with E-state index in [2.05, 4.69) is 15.8 Å². The van der Waals surface area contributed by atoms with Gasteiger partial charge in [0.1, 0.15) is 6.04 Å². The van der Waals surface area contributed by atoms with Gasteiger partial charge in [-0.3, -0.25) is 10.9 Å². The van der Waals surface area contributed by atoms with Crippen LogP contribution in [0.1, 0.15) is 6.92 Å². The SMILES string of the molecule is C[C@@H](N=C(NN)NN)C(=O)O. The van der Waals surface area contributed by atoms with Crippen molar-refractivity contribution in [1.82, 2.24) is 10.9 Å². The topological polar surface area (TPSA) is 126 Å². The molecular formula is C4H11N5O2. The van der Waals surface area contributed by atoms with E-state index < -0.39 is 12.0 Å². The Kier molecular flexibility index (Phi) is 3.93. The Morgan fingerprint density at radius 1 is 1.55 bits per heavy atom. The van der Waals surface area contributed by atoms with Gasteiger partial charge >= 0.3 is 5.97 Å². The number of carbonyl (C=O) groups is 1. The highest BCUT2D eigenvalue weighted by atomic mass is 16.4. The lowest BCUT2D eigenvalue weighted by atomic mass is 10.4. The summed E-state index contributed by atoms with van der Waals surface area (Å²) in [5, 5.41) is 8.38. The number of hydrogen-bond acceptors (Lipinski definition) is 4. The van der Waals surface area contributed by atoms with Gasteiger partial charge in [-0.1, -0.05) is 0 Å². The summed E-state index contributed by atoms with van der Waals surface area (Å²) in [6.45, 7) is 1.40. The van der Waals surface area contributed by atoms with Crippen LogP contribution in [0.25, 0.3) is 0 Å². The summed E-state index contributed by atoms with van der Waals surface area (Å²) in [5.41, 5.74) is 4.18. The molecule has 64 valence electrons. The van der Waals surface area contributed by atoms with Gasteiger partial charge in [-0.25, -0.2) is 21.5 Å². The normalized spacial score (nSPS) is 11.5. The first-order chi connectivity index (χ1) is 5.11. The van der Waals surface area contributed by atoms with Crippen LogP contribution in [0, 0.1) is 0 Å². The van der Waals surface area contributed by atoms with Gasteiger partial charge in [0.2, 0.25) is 5.96 Å². The zero-order valence-electron chi connectivity index (χ0n) is 6.03. The van der Waals surface area contributed by atoms with Crippen molar-refractivity contribution in [1.29, 1.82) is 0 Å². The maximum Gasteiger partial charge on any atom is 0.328 e. The van der Waals surface area contributed by atoms with E-state index in [4.69, 9.17) is 16.8 Å². The monoisotopic (exact) mass is 161 g/mol. The van der Waals surface area contributed by atoms with Gasteiger partial charge < -0.3 is 5.11 Å². The Morgan fingerprint density at radius 2 is 2.00 bits per heavy atom. The molecule has 0 saturated carbocycles. The molecule has 0 amide bonds. The molecular weight excluding hydrogens is 150 g/mol. The molecule has 0 bridgehead atoms. The molecule has 0 aromatic heterocycles. The molecule has 1 atom stereocenters. The molecule has 0 aliphatic carbocycles. The summed E-state index contributed by atoms with van der Waals surface area (Å²) in [5.74, 6) is 8.81. The average Bonchev–Trinajstić information content (AvgIpc) is 1.99. The highest BCUT2D eigenvalue weighted by Crippen LogP contribution is 1.87. The molecule has 0 aromatic rings. The highest BCUT2D eigenvalue weighted by Gasteiger charge is 2.08. The zero-order chi connectivity index (χ0) is 8.85. The van der Waals surface area contributed by atoms with E-state index in [-0.39, 0.29) is 5.96 Å². The van der Waals surface area contributed by atoms with Gasteiger partial charge in [0.05, 0.1) is 0 Å².